The number of hydrogen-bond donors (Lipinski definition) is 1. The van der Waals surface area contributed by atoms with Gasteiger partial charge in [-0.3, -0.25) is 0 Å². The summed E-state index contributed by atoms with van der Waals surface area (Å²) >= 11 is 0. The number of rotatable bonds is 4. The summed E-state index contributed by atoms with van der Waals surface area (Å²) in [6, 6.07) is 7.27. The summed E-state index contributed by atoms with van der Waals surface area (Å²) in [4.78, 5) is 0. The molecule has 106 valence electrons. The minimum absolute atomic E-state index is 0.734. The number of nitrogens with one attached hydrogen (secondary N) is 1. The minimum atomic E-state index is 0.734. The second-order valence-electron chi connectivity index (χ2n) is 6.01. The third kappa shape index (κ3) is 2.50. The molecule has 1 aliphatic carbocycles. The van der Waals surface area contributed by atoms with E-state index >= 15 is 0 Å². The van der Waals surface area contributed by atoms with Crippen molar-refractivity contribution < 1.29 is 0 Å². The van der Waals surface area contributed by atoms with E-state index in [4.69, 9.17) is 5.10 Å². The molecule has 0 unspecified atom stereocenters. The van der Waals surface area contributed by atoms with Crippen LogP contribution in [0.4, 0.5) is 0 Å². The molecule has 1 heterocycles. The van der Waals surface area contributed by atoms with E-state index in [0.717, 1.165) is 18.3 Å². The molecule has 0 saturated heterocycles. The van der Waals surface area contributed by atoms with Gasteiger partial charge in [0.1, 0.15) is 0 Å². The first-order valence-corrected chi connectivity index (χ1v) is 7.42. The first-order valence-electron chi connectivity index (χ1n) is 7.42. The Morgan fingerprint density at radius 1 is 1.20 bits per heavy atom. The largest absolute Gasteiger partial charge is 0.310 e. The van der Waals surface area contributed by atoms with Crippen LogP contribution in [0.5, 0.6) is 0 Å². The minimum Gasteiger partial charge on any atom is -0.310 e. The van der Waals surface area contributed by atoms with Crippen LogP contribution in [0.3, 0.4) is 0 Å². The molecule has 1 fully saturated rings. The van der Waals surface area contributed by atoms with Crippen LogP contribution in [0, 0.1) is 27.7 Å². The maximum Gasteiger partial charge on any atom is 0.0680 e. The molecular formula is C17H23N3. The van der Waals surface area contributed by atoms with Gasteiger partial charge in [0, 0.05) is 23.8 Å². The molecule has 0 aliphatic heterocycles. The van der Waals surface area contributed by atoms with E-state index in [1.165, 1.54) is 40.9 Å². The van der Waals surface area contributed by atoms with Crippen LogP contribution >= 0.6 is 0 Å². The highest BCUT2D eigenvalue weighted by Crippen LogP contribution is 2.23. The van der Waals surface area contributed by atoms with Crippen molar-refractivity contribution in [1.29, 1.82) is 0 Å². The summed E-state index contributed by atoms with van der Waals surface area (Å²) < 4.78 is 2.10. The fraction of sp³-hybridized carbons (Fsp3) is 0.471. The predicted molar refractivity (Wildman–Crippen MR) is 82.4 cm³/mol. The van der Waals surface area contributed by atoms with Gasteiger partial charge in [-0.1, -0.05) is 12.1 Å². The summed E-state index contributed by atoms with van der Waals surface area (Å²) in [6.45, 7) is 9.50. The molecule has 1 aromatic carbocycles. The van der Waals surface area contributed by atoms with Crippen molar-refractivity contribution in [3.63, 3.8) is 0 Å². The van der Waals surface area contributed by atoms with Crippen molar-refractivity contribution in [2.75, 3.05) is 0 Å². The van der Waals surface area contributed by atoms with Gasteiger partial charge in [-0.05, 0) is 57.7 Å². The number of hydrogen-bond acceptors (Lipinski definition) is 2. The zero-order valence-electron chi connectivity index (χ0n) is 12.8. The van der Waals surface area contributed by atoms with Gasteiger partial charge in [0.25, 0.3) is 0 Å². The van der Waals surface area contributed by atoms with Crippen molar-refractivity contribution in [2.24, 2.45) is 0 Å². The molecule has 0 spiro atoms. The molecule has 2 aromatic rings. The molecule has 0 radical (unpaired) electrons. The molecule has 20 heavy (non-hydrogen) atoms. The Morgan fingerprint density at radius 3 is 2.65 bits per heavy atom. The smallest absolute Gasteiger partial charge is 0.0680 e. The average Bonchev–Trinajstić information content (AvgIpc) is 3.19. The molecule has 3 rings (SSSR count). The SMILES string of the molecule is Cc1ccc(C)c(-n2nc(C)c(CNC3CC3)c2C)c1. The number of benzene rings is 1. The zero-order valence-corrected chi connectivity index (χ0v) is 12.8. The van der Waals surface area contributed by atoms with Crippen LogP contribution in [-0.2, 0) is 6.54 Å². The Labute approximate surface area is 121 Å². The van der Waals surface area contributed by atoms with Gasteiger partial charge in [-0.15, -0.1) is 0 Å². The maximum atomic E-state index is 4.76. The summed E-state index contributed by atoms with van der Waals surface area (Å²) in [7, 11) is 0. The fourth-order valence-electron chi connectivity index (χ4n) is 2.65. The van der Waals surface area contributed by atoms with Crippen LogP contribution in [0.2, 0.25) is 0 Å². The maximum absolute atomic E-state index is 4.76. The van der Waals surface area contributed by atoms with Gasteiger partial charge in [-0.2, -0.15) is 5.10 Å². The molecule has 0 amide bonds. The van der Waals surface area contributed by atoms with E-state index in [1.807, 2.05) is 0 Å². The van der Waals surface area contributed by atoms with Crippen molar-refractivity contribution >= 4 is 0 Å². The van der Waals surface area contributed by atoms with Gasteiger partial charge in [0.2, 0.25) is 0 Å². The molecule has 3 heteroatoms. The van der Waals surface area contributed by atoms with Gasteiger partial charge >= 0.3 is 0 Å². The van der Waals surface area contributed by atoms with Crippen LogP contribution in [0.1, 0.15) is 40.9 Å². The monoisotopic (exact) mass is 269 g/mol. The molecule has 1 aliphatic rings. The van der Waals surface area contributed by atoms with E-state index < -0.39 is 0 Å². The molecule has 0 atom stereocenters. The van der Waals surface area contributed by atoms with Gasteiger partial charge in [0.05, 0.1) is 11.4 Å². The molecule has 1 aromatic heterocycles. The molecule has 0 bridgehead atoms. The lowest BCUT2D eigenvalue weighted by molar-refractivity contribution is 0.682. The Morgan fingerprint density at radius 2 is 1.95 bits per heavy atom. The van der Waals surface area contributed by atoms with Gasteiger partial charge in [-0.25, -0.2) is 4.68 Å². The van der Waals surface area contributed by atoms with Crippen molar-refractivity contribution in [3.8, 4) is 5.69 Å². The Bertz CT molecular complexity index is 636. The Kier molecular flexibility index (Phi) is 3.38. The summed E-state index contributed by atoms with van der Waals surface area (Å²) in [6.07, 6.45) is 2.65. The molecular weight excluding hydrogens is 246 g/mol. The van der Waals surface area contributed by atoms with Crippen LogP contribution < -0.4 is 5.32 Å². The number of aryl methyl sites for hydroxylation is 3. The molecule has 1 N–H and O–H groups in total. The lowest BCUT2D eigenvalue weighted by atomic mass is 10.1. The molecule has 1 saturated carbocycles. The van der Waals surface area contributed by atoms with Crippen LogP contribution in [0.15, 0.2) is 18.2 Å². The summed E-state index contributed by atoms with van der Waals surface area (Å²) in [5, 5.41) is 8.35. The highest BCUT2D eigenvalue weighted by Gasteiger charge is 2.22. The first kappa shape index (κ1) is 13.4. The quantitative estimate of drug-likeness (QED) is 0.922. The first-order chi connectivity index (χ1) is 9.56. The topological polar surface area (TPSA) is 29.9 Å². The van der Waals surface area contributed by atoms with E-state index in [2.05, 4.69) is 55.9 Å². The van der Waals surface area contributed by atoms with Crippen LogP contribution in [0.25, 0.3) is 5.69 Å². The van der Waals surface area contributed by atoms with Crippen molar-refractivity contribution in [3.05, 3.63) is 46.3 Å². The molecule has 3 nitrogen and oxygen atoms in total. The standard InChI is InChI=1S/C17H23N3/c1-11-5-6-12(2)17(9-11)20-14(4)16(13(3)19-20)10-18-15-7-8-15/h5-6,9,15,18H,7-8,10H2,1-4H3. The average molecular weight is 269 g/mol. The Hall–Kier alpha value is -1.61. The van der Waals surface area contributed by atoms with Crippen molar-refractivity contribution in [1.82, 2.24) is 15.1 Å². The Balaban J connectivity index is 1.96. The summed E-state index contributed by atoms with van der Waals surface area (Å²) in [5.41, 5.74) is 7.47. The van der Waals surface area contributed by atoms with E-state index in [1.54, 1.807) is 0 Å². The van der Waals surface area contributed by atoms with E-state index in [0.29, 0.717) is 0 Å². The van der Waals surface area contributed by atoms with Gasteiger partial charge in [0.15, 0.2) is 0 Å². The zero-order chi connectivity index (χ0) is 14.3. The second-order valence-corrected chi connectivity index (χ2v) is 6.01. The van der Waals surface area contributed by atoms with Crippen LogP contribution in [-0.4, -0.2) is 15.8 Å². The third-order valence-corrected chi connectivity index (χ3v) is 4.18. The highest BCUT2D eigenvalue weighted by molar-refractivity contribution is 5.45. The normalized spacial score (nSPS) is 14.8. The third-order valence-electron chi connectivity index (χ3n) is 4.18. The van der Waals surface area contributed by atoms with E-state index in [-0.39, 0.29) is 0 Å². The fourth-order valence-corrected chi connectivity index (χ4v) is 2.65. The predicted octanol–water partition coefficient (Wildman–Crippen LogP) is 3.36. The highest BCUT2D eigenvalue weighted by atomic mass is 15.3. The van der Waals surface area contributed by atoms with E-state index in [9.17, 15) is 0 Å². The lowest BCUT2D eigenvalue weighted by Gasteiger charge is -2.10. The van der Waals surface area contributed by atoms with Gasteiger partial charge < -0.3 is 5.32 Å². The number of aromatic nitrogens is 2. The van der Waals surface area contributed by atoms with Crippen molar-refractivity contribution in [2.45, 2.75) is 53.1 Å². The second kappa shape index (κ2) is 5.06. The summed E-state index contributed by atoms with van der Waals surface area (Å²) in [5.74, 6) is 0. The lowest BCUT2D eigenvalue weighted by Crippen LogP contribution is -2.16. The number of nitrogens with zero attached hydrogens (tertiary/aromatic N) is 2.